The molecule has 0 saturated carbocycles. The van der Waals surface area contributed by atoms with Crippen LogP contribution in [0.15, 0.2) is 23.1 Å². The number of likely N-dealkylation sites (N-methyl/N-ethyl adjacent to an activating group) is 1. The van der Waals surface area contributed by atoms with Gasteiger partial charge in [-0.3, -0.25) is 0 Å². The van der Waals surface area contributed by atoms with Gasteiger partial charge in [0.25, 0.3) is 0 Å². The molecule has 0 spiro atoms. The van der Waals surface area contributed by atoms with Crippen LogP contribution >= 0.6 is 0 Å². The van der Waals surface area contributed by atoms with Gasteiger partial charge in [-0.15, -0.1) is 0 Å². The van der Waals surface area contributed by atoms with Crippen LogP contribution in [-0.2, 0) is 14.6 Å². The van der Waals surface area contributed by atoms with Crippen molar-refractivity contribution in [1.29, 1.82) is 0 Å². The van der Waals surface area contributed by atoms with E-state index in [1.54, 1.807) is 18.0 Å². The van der Waals surface area contributed by atoms with Crippen LogP contribution < -0.4 is 5.32 Å². The highest BCUT2D eigenvalue weighted by atomic mass is 32.2. The number of sulfone groups is 1. The van der Waals surface area contributed by atoms with E-state index in [-0.39, 0.29) is 17.0 Å². The van der Waals surface area contributed by atoms with E-state index >= 15 is 0 Å². The zero-order chi connectivity index (χ0) is 16.3. The first kappa shape index (κ1) is 16.8. The standard InChI is InChI=1S/C15H22N2O4S/c1-11-6-7-13(22(3,19)20)9-14(11)16-15(18)17(2)10-12-5-4-8-21-12/h6-7,9,12H,4-5,8,10H2,1-3H3,(H,16,18)/t12-/m0/s1. The Morgan fingerprint density at radius 2 is 2.18 bits per heavy atom. The summed E-state index contributed by atoms with van der Waals surface area (Å²) in [7, 11) is -1.60. The molecule has 7 heteroatoms. The number of aryl methyl sites for hydroxylation is 1. The Hall–Kier alpha value is -1.60. The fraction of sp³-hybridized carbons (Fsp3) is 0.533. The lowest BCUT2D eigenvalue weighted by atomic mass is 10.2. The average molecular weight is 326 g/mol. The van der Waals surface area contributed by atoms with Crippen molar-refractivity contribution >= 4 is 21.6 Å². The fourth-order valence-corrected chi connectivity index (χ4v) is 3.00. The van der Waals surface area contributed by atoms with Crippen molar-refractivity contribution in [2.24, 2.45) is 0 Å². The van der Waals surface area contributed by atoms with Crippen molar-refractivity contribution < 1.29 is 17.9 Å². The second kappa shape index (κ2) is 6.66. The number of nitrogens with one attached hydrogen (secondary N) is 1. The first-order valence-electron chi connectivity index (χ1n) is 7.22. The largest absolute Gasteiger partial charge is 0.376 e. The van der Waals surface area contributed by atoms with Gasteiger partial charge in [0.05, 0.1) is 11.0 Å². The van der Waals surface area contributed by atoms with Crippen LogP contribution in [0.25, 0.3) is 0 Å². The van der Waals surface area contributed by atoms with Crippen LogP contribution in [0, 0.1) is 6.92 Å². The molecule has 1 fully saturated rings. The van der Waals surface area contributed by atoms with Crippen LogP contribution in [0.3, 0.4) is 0 Å². The van der Waals surface area contributed by atoms with Crippen LogP contribution in [-0.4, -0.2) is 51.9 Å². The lowest BCUT2D eigenvalue weighted by molar-refractivity contribution is 0.0894. The first-order chi connectivity index (χ1) is 10.3. The van der Waals surface area contributed by atoms with E-state index in [0.717, 1.165) is 31.3 Å². The van der Waals surface area contributed by atoms with Crippen LogP contribution in [0.4, 0.5) is 10.5 Å². The predicted octanol–water partition coefficient (Wildman–Crippen LogP) is 2.04. The summed E-state index contributed by atoms with van der Waals surface area (Å²) in [6, 6.07) is 4.44. The van der Waals surface area contributed by atoms with Gasteiger partial charge in [0, 0.05) is 32.1 Å². The Balaban J connectivity index is 2.07. The van der Waals surface area contributed by atoms with Crippen LogP contribution in [0.2, 0.25) is 0 Å². The Kier molecular flexibility index (Phi) is 5.08. The maximum absolute atomic E-state index is 12.2. The van der Waals surface area contributed by atoms with E-state index in [4.69, 9.17) is 4.74 Å². The van der Waals surface area contributed by atoms with Gasteiger partial charge in [0.15, 0.2) is 9.84 Å². The summed E-state index contributed by atoms with van der Waals surface area (Å²) in [5.41, 5.74) is 1.32. The van der Waals surface area contributed by atoms with E-state index in [1.165, 1.54) is 12.1 Å². The molecule has 1 aromatic rings. The number of urea groups is 1. The Labute approximate surface area is 131 Å². The summed E-state index contributed by atoms with van der Waals surface area (Å²) in [5.74, 6) is 0. The lowest BCUT2D eigenvalue weighted by Crippen LogP contribution is -2.37. The molecule has 2 rings (SSSR count). The van der Waals surface area contributed by atoms with Crippen molar-refractivity contribution in [1.82, 2.24) is 4.90 Å². The van der Waals surface area contributed by atoms with Gasteiger partial charge in [-0.05, 0) is 37.5 Å². The summed E-state index contributed by atoms with van der Waals surface area (Å²) in [6.07, 6.45) is 3.21. The third kappa shape index (κ3) is 4.20. The Bertz CT molecular complexity index is 652. The zero-order valence-electron chi connectivity index (χ0n) is 13.1. The lowest BCUT2D eigenvalue weighted by Gasteiger charge is -2.22. The minimum Gasteiger partial charge on any atom is -0.376 e. The molecule has 1 atom stereocenters. The van der Waals surface area contributed by atoms with Crippen molar-refractivity contribution in [3.63, 3.8) is 0 Å². The molecule has 0 bridgehead atoms. The van der Waals surface area contributed by atoms with E-state index in [1.807, 2.05) is 6.92 Å². The fourth-order valence-electron chi connectivity index (χ4n) is 2.35. The quantitative estimate of drug-likeness (QED) is 0.919. The minimum absolute atomic E-state index is 0.0826. The highest BCUT2D eigenvalue weighted by Gasteiger charge is 2.20. The monoisotopic (exact) mass is 326 g/mol. The minimum atomic E-state index is -3.30. The smallest absolute Gasteiger partial charge is 0.321 e. The predicted molar refractivity (Wildman–Crippen MR) is 84.9 cm³/mol. The maximum Gasteiger partial charge on any atom is 0.321 e. The molecule has 1 aliphatic heterocycles. The van der Waals surface area contributed by atoms with Crippen molar-refractivity contribution in [3.05, 3.63) is 23.8 Å². The number of rotatable bonds is 4. The van der Waals surface area contributed by atoms with Crippen LogP contribution in [0.1, 0.15) is 18.4 Å². The Morgan fingerprint density at radius 1 is 1.45 bits per heavy atom. The summed E-state index contributed by atoms with van der Waals surface area (Å²) in [4.78, 5) is 14.0. The Morgan fingerprint density at radius 3 is 2.77 bits per heavy atom. The van der Waals surface area contributed by atoms with Gasteiger partial charge >= 0.3 is 6.03 Å². The summed E-state index contributed by atoms with van der Waals surface area (Å²) in [5, 5.41) is 2.76. The summed E-state index contributed by atoms with van der Waals surface area (Å²) >= 11 is 0. The van der Waals surface area contributed by atoms with E-state index < -0.39 is 9.84 Å². The van der Waals surface area contributed by atoms with Crippen molar-refractivity contribution in [2.45, 2.75) is 30.8 Å². The zero-order valence-corrected chi connectivity index (χ0v) is 13.9. The molecule has 1 aromatic carbocycles. The van der Waals surface area contributed by atoms with Gasteiger partial charge in [-0.2, -0.15) is 0 Å². The topological polar surface area (TPSA) is 75.7 Å². The van der Waals surface area contributed by atoms with E-state index in [0.29, 0.717) is 12.2 Å². The van der Waals surface area contributed by atoms with Gasteiger partial charge in [0.1, 0.15) is 0 Å². The molecule has 22 heavy (non-hydrogen) atoms. The van der Waals surface area contributed by atoms with Gasteiger partial charge in [-0.1, -0.05) is 6.07 Å². The maximum atomic E-state index is 12.2. The molecule has 6 nitrogen and oxygen atoms in total. The summed E-state index contributed by atoms with van der Waals surface area (Å²) < 4.78 is 28.7. The molecular weight excluding hydrogens is 304 g/mol. The van der Waals surface area contributed by atoms with Gasteiger partial charge in [0.2, 0.25) is 0 Å². The molecule has 1 heterocycles. The number of anilines is 1. The number of nitrogens with zero attached hydrogens (tertiary/aromatic N) is 1. The van der Waals surface area contributed by atoms with Gasteiger partial charge in [-0.25, -0.2) is 13.2 Å². The third-order valence-electron chi connectivity index (χ3n) is 3.73. The molecule has 0 aromatic heterocycles. The SMILES string of the molecule is Cc1ccc(S(C)(=O)=O)cc1NC(=O)N(C)C[C@@H]1CCCO1. The second-order valence-electron chi connectivity index (χ2n) is 5.69. The number of hydrogen-bond donors (Lipinski definition) is 1. The highest BCUT2D eigenvalue weighted by Crippen LogP contribution is 2.21. The first-order valence-corrected chi connectivity index (χ1v) is 9.11. The number of carbonyl (C=O) groups is 1. The number of amides is 2. The molecule has 2 amide bonds. The summed E-state index contributed by atoms with van der Waals surface area (Å²) in [6.45, 7) is 3.09. The van der Waals surface area contributed by atoms with Crippen molar-refractivity contribution in [3.8, 4) is 0 Å². The molecule has 0 unspecified atom stereocenters. The second-order valence-corrected chi connectivity index (χ2v) is 7.71. The molecule has 1 N–H and O–H groups in total. The normalized spacial score (nSPS) is 18.2. The molecule has 0 radical (unpaired) electrons. The highest BCUT2D eigenvalue weighted by molar-refractivity contribution is 7.90. The van der Waals surface area contributed by atoms with Gasteiger partial charge < -0.3 is 15.0 Å². The van der Waals surface area contributed by atoms with Crippen molar-refractivity contribution in [2.75, 3.05) is 31.8 Å². The molecule has 122 valence electrons. The number of ether oxygens (including phenoxy) is 1. The average Bonchev–Trinajstić information content (AvgIpc) is 2.92. The molecular formula is C15H22N2O4S. The molecule has 1 aliphatic rings. The molecule has 1 saturated heterocycles. The van der Waals surface area contributed by atoms with Crippen LogP contribution in [0.5, 0.6) is 0 Å². The number of carbonyl (C=O) groups excluding carboxylic acids is 1. The third-order valence-corrected chi connectivity index (χ3v) is 4.84. The molecule has 0 aliphatic carbocycles. The number of hydrogen-bond acceptors (Lipinski definition) is 4. The number of benzene rings is 1. The van der Waals surface area contributed by atoms with E-state index in [9.17, 15) is 13.2 Å². The van der Waals surface area contributed by atoms with E-state index in [2.05, 4.69) is 5.32 Å².